The van der Waals surface area contributed by atoms with Gasteiger partial charge in [-0.25, -0.2) is 0 Å². The first-order chi connectivity index (χ1) is 15.8. The van der Waals surface area contributed by atoms with Gasteiger partial charge in [-0.15, -0.1) is 0 Å². The third-order valence-electron chi connectivity index (χ3n) is 13.0. The van der Waals surface area contributed by atoms with E-state index in [1.807, 2.05) is 0 Å². The van der Waals surface area contributed by atoms with Crippen LogP contribution in [0.25, 0.3) is 0 Å². The summed E-state index contributed by atoms with van der Waals surface area (Å²) in [4.78, 5) is 26.0. The Hall–Kier alpha value is -1.12. The van der Waals surface area contributed by atoms with Crippen LogP contribution in [0.4, 0.5) is 0 Å². The number of allylic oxidation sites excluding steroid dienone is 2. The molecule has 0 radical (unpaired) electrons. The Morgan fingerprint density at radius 2 is 1.62 bits per heavy atom. The van der Waals surface area contributed by atoms with E-state index >= 15 is 0 Å². The maximum absolute atomic E-state index is 14.3. The number of hydrogen-bond donors (Lipinski definition) is 0. The molecule has 0 aliphatic heterocycles. The topological polar surface area (TPSA) is 43.4 Å². The highest BCUT2D eigenvalue weighted by Crippen LogP contribution is 2.74. The predicted octanol–water partition coefficient (Wildman–Crippen LogP) is 7.38. The van der Waals surface area contributed by atoms with E-state index in [0.717, 1.165) is 31.6 Å². The van der Waals surface area contributed by atoms with Crippen molar-refractivity contribution in [2.24, 2.45) is 57.2 Å². The Labute approximate surface area is 207 Å². The van der Waals surface area contributed by atoms with Gasteiger partial charge >= 0.3 is 5.97 Å². The Balaban J connectivity index is 1.57. The highest BCUT2D eigenvalue weighted by Gasteiger charge is 2.69. The second kappa shape index (κ2) is 7.69. The Morgan fingerprint density at radius 1 is 0.912 bits per heavy atom. The van der Waals surface area contributed by atoms with Crippen LogP contribution in [0.2, 0.25) is 0 Å². The number of fused-ring (bicyclic) bond motifs is 7. The van der Waals surface area contributed by atoms with Crippen LogP contribution in [0.15, 0.2) is 11.6 Å². The lowest BCUT2D eigenvalue weighted by Crippen LogP contribution is -2.65. The van der Waals surface area contributed by atoms with Crippen molar-refractivity contribution in [3.8, 4) is 0 Å². The van der Waals surface area contributed by atoms with Crippen molar-refractivity contribution in [1.29, 1.82) is 0 Å². The molecule has 0 saturated heterocycles. The summed E-state index contributed by atoms with van der Waals surface area (Å²) in [6.07, 6.45) is 11.5. The van der Waals surface area contributed by atoms with Crippen LogP contribution in [0.3, 0.4) is 0 Å². The lowest BCUT2D eigenvalue weighted by atomic mass is 9.34. The van der Waals surface area contributed by atoms with Gasteiger partial charge in [0, 0.05) is 12.8 Å². The molecule has 0 spiro atoms. The molecule has 0 aromatic rings. The SMILES string of the molecule is CC(=O)OC1CC[C@@]2(C)C(CC[C@]3(C)C2C(=O)C=C2C4[C@@H](C)[C@H](C)CC[C@]4(C)CC[C@]23C)[C@@H]1C. The maximum Gasteiger partial charge on any atom is 0.302 e. The molecule has 5 rings (SSSR count). The van der Waals surface area contributed by atoms with Crippen LogP contribution in [0.5, 0.6) is 0 Å². The van der Waals surface area contributed by atoms with Crippen LogP contribution in [-0.2, 0) is 14.3 Å². The summed E-state index contributed by atoms with van der Waals surface area (Å²) < 4.78 is 5.75. The van der Waals surface area contributed by atoms with Gasteiger partial charge in [0.1, 0.15) is 6.10 Å². The standard InChI is InChI=1S/C31H48O3/c1-18-9-12-28(5)15-16-30(7)23(26(28)19(18)2)17-24(33)27-29(6)13-11-25(34-21(4)32)20(3)22(29)10-14-31(27,30)8/h17-20,22,25-27H,9-16H2,1-8H3/t18-,19+,20+,22?,25?,26?,27?,28-,29+,30-,31-/m1/s1. The van der Waals surface area contributed by atoms with E-state index in [2.05, 4.69) is 54.5 Å². The van der Waals surface area contributed by atoms with E-state index in [9.17, 15) is 9.59 Å². The molecule has 0 amide bonds. The van der Waals surface area contributed by atoms with Gasteiger partial charge in [0.25, 0.3) is 0 Å². The van der Waals surface area contributed by atoms with Gasteiger partial charge in [-0.1, -0.05) is 54.0 Å². The summed E-state index contributed by atoms with van der Waals surface area (Å²) >= 11 is 0. The van der Waals surface area contributed by atoms with Crippen LogP contribution >= 0.6 is 0 Å². The first-order valence-electron chi connectivity index (χ1n) is 14.2. The van der Waals surface area contributed by atoms with Crippen molar-refractivity contribution in [3.05, 3.63) is 11.6 Å². The van der Waals surface area contributed by atoms with Crippen LogP contribution in [-0.4, -0.2) is 17.9 Å². The molecule has 0 heterocycles. The molecule has 3 nitrogen and oxygen atoms in total. The molecule has 0 bridgehead atoms. The van der Waals surface area contributed by atoms with Crippen molar-refractivity contribution >= 4 is 11.8 Å². The zero-order chi connectivity index (χ0) is 24.8. The maximum atomic E-state index is 14.3. The fourth-order valence-corrected chi connectivity index (χ4v) is 10.7. The van der Waals surface area contributed by atoms with E-state index < -0.39 is 0 Å². The second-order valence-electron chi connectivity index (χ2n) is 14.4. The van der Waals surface area contributed by atoms with Gasteiger partial charge in [0.2, 0.25) is 0 Å². The molecule has 4 fully saturated rings. The largest absolute Gasteiger partial charge is 0.462 e. The first-order valence-corrected chi connectivity index (χ1v) is 14.2. The molecule has 34 heavy (non-hydrogen) atoms. The molecule has 5 aliphatic carbocycles. The van der Waals surface area contributed by atoms with Gasteiger partial charge in [0.05, 0.1) is 0 Å². The lowest BCUT2D eigenvalue weighted by molar-refractivity contribution is -0.192. The van der Waals surface area contributed by atoms with E-state index in [1.165, 1.54) is 38.2 Å². The Kier molecular flexibility index (Phi) is 5.56. The van der Waals surface area contributed by atoms with E-state index in [4.69, 9.17) is 4.74 Å². The van der Waals surface area contributed by atoms with Crippen molar-refractivity contribution in [1.82, 2.24) is 0 Å². The van der Waals surface area contributed by atoms with Gasteiger partial charge < -0.3 is 4.74 Å². The molecule has 0 N–H and O–H groups in total. The number of carbonyl (C=O) groups is 2. The predicted molar refractivity (Wildman–Crippen MR) is 136 cm³/mol. The van der Waals surface area contributed by atoms with Gasteiger partial charge in [0.15, 0.2) is 5.78 Å². The van der Waals surface area contributed by atoms with E-state index in [-0.39, 0.29) is 34.2 Å². The van der Waals surface area contributed by atoms with Crippen molar-refractivity contribution in [3.63, 3.8) is 0 Å². The zero-order valence-corrected chi connectivity index (χ0v) is 23.0. The summed E-state index contributed by atoms with van der Waals surface area (Å²) in [7, 11) is 0. The van der Waals surface area contributed by atoms with Crippen molar-refractivity contribution < 1.29 is 14.3 Å². The molecular weight excluding hydrogens is 420 g/mol. The van der Waals surface area contributed by atoms with Crippen molar-refractivity contribution in [2.45, 2.75) is 113 Å². The minimum Gasteiger partial charge on any atom is -0.462 e. The normalized spacial score (nSPS) is 54.6. The summed E-state index contributed by atoms with van der Waals surface area (Å²) in [5.74, 6) is 2.98. The van der Waals surface area contributed by atoms with Crippen LogP contribution in [0.1, 0.15) is 107 Å². The highest BCUT2D eigenvalue weighted by molar-refractivity contribution is 5.95. The number of esters is 1. The fourth-order valence-electron chi connectivity index (χ4n) is 10.7. The fraction of sp³-hybridized carbons (Fsp3) is 0.871. The molecule has 190 valence electrons. The lowest BCUT2D eigenvalue weighted by Gasteiger charge is -2.69. The molecule has 4 saturated carbocycles. The second-order valence-corrected chi connectivity index (χ2v) is 14.4. The summed E-state index contributed by atoms with van der Waals surface area (Å²) in [5, 5.41) is 0. The van der Waals surface area contributed by atoms with Gasteiger partial charge in [-0.05, 0) is 109 Å². The highest BCUT2D eigenvalue weighted by atomic mass is 16.5. The average Bonchev–Trinajstić information content (AvgIpc) is 2.74. The third kappa shape index (κ3) is 3.06. The minimum absolute atomic E-state index is 0.000257. The number of hydrogen-bond acceptors (Lipinski definition) is 3. The number of ketones is 1. The first kappa shape index (κ1) is 24.6. The third-order valence-corrected chi connectivity index (χ3v) is 13.0. The number of carbonyl (C=O) groups excluding carboxylic acids is 2. The van der Waals surface area contributed by atoms with Crippen LogP contribution in [0, 0.1) is 57.2 Å². The van der Waals surface area contributed by atoms with Crippen molar-refractivity contribution in [2.75, 3.05) is 0 Å². The van der Waals surface area contributed by atoms with Gasteiger partial charge in [-0.3, -0.25) is 9.59 Å². The molecule has 5 aliphatic rings. The summed E-state index contributed by atoms with van der Waals surface area (Å²) in [6.45, 7) is 18.7. The molecular formula is C31H48O3. The Morgan fingerprint density at radius 3 is 2.29 bits per heavy atom. The van der Waals surface area contributed by atoms with Gasteiger partial charge in [-0.2, -0.15) is 0 Å². The summed E-state index contributed by atoms with van der Waals surface area (Å²) in [5.41, 5.74) is 1.96. The molecule has 0 aromatic carbocycles. The number of ether oxygens (including phenoxy) is 1. The quantitative estimate of drug-likeness (QED) is 0.377. The molecule has 0 aromatic heterocycles. The average molecular weight is 469 g/mol. The molecule has 4 unspecified atom stereocenters. The Bertz CT molecular complexity index is 920. The smallest absolute Gasteiger partial charge is 0.302 e. The van der Waals surface area contributed by atoms with E-state index in [0.29, 0.717) is 34.9 Å². The minimum atomic E-state index is -0.170. The monoisotopic (exact) mass is 468 g/mol. The summed E-state index contributed by atoms with van der Waals surface area (Å²) in [6, 6.07) is 0. The number of rotatable bonds is 1. The molecule has 3 heteroatoms. The van der Waals surface area contributed by atoms with Crippen LogP contribution < -0.4 is 0 Å². The molecule has 11 atom stereocenters. The zero-order valence-electron chi connectivity index (χ0n) is 23.0. The van der Waals surface area contributed by atoms with E-state index in [1.54, 1.807) is 0 Å².